The molecule has 2 rings (SSSR count). The van der Waals surface area contributed by atoms with Crippen LogP contribution in [-0.2, 0) is 4.79 Å². The van der Waals surface area contributed by atoms with Crippen molar-refractivity contribution >= 4 is 5.91 Å². The third-order valence-electron chi connectivity index (χ3n) is 3.50. The van der Waals surface area contributed by atoms with E-state index in [1.54, 1.807) is 0 Å². The van der Waals surface area contributed by atoms with Gasteiger partial charge in [0.2, 0.25) is 0 Å². The molecule has 20 heavy (non-hydrogen) atoms. The maximum absolute atomic E-state index is 12.0. The van der Waals surface area contributed by atoms with E-state index < -0.39 is 12.2 Å². The number of benzene rings is 1. The van der Waals surface area contributed by atoms with Crippen LogP contribution in [0.15, 0.2) is 24.3 Å². The minimum absolute atomic E-state index is 0.0802. The molecule has 1 fully saturated rings. The number of aliphatic hydroxyl groups excluding tert-OH is 2. The Morgan fingerprint density at radius 3 is 2.50 bits per heavy atom. The van der Waals surface area contributed by atoms with E-state index in [4.69, 9.17) is 4.74 Å². The summed E-state index contributed by atoms with van der Waals surface area (Å²) >= 11 is 0. The second-order valence-corrected chi connectivity index (χ2v) is 5.41. The van der Waals surface area contributed by atoms with Crippen LogP contribution in [0.25, 0.3) is 0 Å². The lowest BCUT2D eigenvalue weighted by molar-refractivity contribution is -0.132. The summed E-state index contributed by atoms with van der Waals surface area (Å²) in [6, 6.07) is 7.64. The minimum Gasteiger partial charge on any atom is -0.483 e. The van der Waals surface area contributed by atoms with Crippen LogP contribution in [0.3, 0.4) is 0 Å². The summed E-state index contributed by atoms with van der Waals surface area (Å²) in [5.41, 5.74) is 1.06. The van der Waals surface area contributed by atoms with Gasteiger partial charge in [0.25, 0.3) is 5.91 Å². The molecule has 1 amide bonds. The van der Waals surface area contributed by atoms with Crippen molar-refractivity contribution in [1.82, 2.24) is 4.90 Å². The Bertz CT molecular complexity index is 465. The molecular weight excluding hydrogens is 258 g/mol. The molecule has 1 aromatic carbocycles. The Balaban J connectivity index is 1.94. The monoisotopic (exact) mass is 279 g/mol. The normalized spacial score (nSPS) is 22.4. The van der Waals surface area contributed by atoms with Crippen LogP contribution in [-0.4, -0.2) is 52.9 Å². The van der Waals surface area contributed by atoms with Crippen molar-refractivity contribution in [2.45, 2.75) is 32.0 Å². The number of hydrogen-bond acceptors (Lipinski definition) is 4. The molecule has 1 aromatic rings. The molecule has 2 atom stereocenters. The summed E-state index contributed by atoms with van der Waals surface area (Å²) in [7, 11) is 0. The molecule has 0 spiro atoms. The van der Waals surface area contributed by atoms with Gasteiger partial charge < -0.3 is 19.8 Å². The molecule has 5 heteroatoms. The van der Waals surface area contributed by atoms with E-state index in [0.717, 1.165) is 5.56 Å². The Labute approximate surface area is 118 Å². The summed E-state index contributed by atoms with van der Waals surface area (Å²) in [5, 5.41) is 18.9. The summed E-state index contributed by atoms with van der Waals surface area (Å²) in [5.74, 6) is 0.798. The first-order valence-corrected chi connectivity index (χ1v) is 6.84. The third-order valence-corrected chi connectivity index (χ3v) is 3.50. The fraction of sp³-hybridized carbons (Fsp3) is 0.533. The Morgan fingerprint density at radius 1 is 1.30 bits per heavy atom. The summed E-state index contributed by atoms with van der Waals surface area (Å²) in [6.07, 6.45) is -1.72. The number of hydrogen-bond donors (Lipinski definition) is 2. The van der Waals surface area contributed by atoms with Crippen molar-refractivity contribution < 1.29 is 19.7 Å². The molecule has 0 radical (unpaired) electrons. The first-order chi connectivity index (χ1) is 9.49. The van der Waals surface area contributed by atoms with Gasteiger partial charge in [0.1, 0.15) is 5.75 Å². The zero-order valence-electron chi connectivity index (χ0n) is 11.8. The number of para-hydroxylation sites is 1. The van der Waals surface area contributed by atoms with Crippen LogP contribution >= 0.6 is 0 Å². The number of amides is 1. The van der Waals surface area contributed by atoms with Crippen molar-refractivity contribution in [3.63, 3.8) is 0 Å². The Morgan fingerprint density at radius 2 is 1.90 bits per heavy atom. The van der Waals surface area contributed by atoms with Gasteiger partial charge >= 0.3 is 0 Å². The molecule has 1 saturated heterocycles. The highest BCUT2D eigenvalue weighted by Crippen LogP contribution is 2.25. The number of likely N-dealkylation sites (tertiary alicyclic amines) is 1. The van der Waals surface area contributed by atoms with E-state index in [0.29, 0.717) is 11.7 Å². The van der Waals surface area contributed by atoms with Crippen LogP contribution in [0, 0.1) is 0 Å². The van der Waals surface area contributed by atoms with Crippen LogP contribution in [0.5, 0.6) is 5.75 Å². The van der Waals surface area contributed by atoms with E-state index in [-0.39, 0.29) is 25.6 Å². The average Bonchev–Trinajstić information content (AvgIpc) is 2.76. The minimum atomic E-state index is -0.859. The fourth-order valence-corrected chi connectivity index (χ4v) is 2.29. The molecular formula is C15H21NO4. The Hall–Kier alpha value is -1.59. The third kappa shape index (κ3) is 3.29. The van der Waals surface area contributed by atoms with Crippen molar-refractivity contribution in [2.75, 3.05) is 19.7 Å². The van der Waals surface area contributed by atoms with E-state index in [9.17, 15) is 15.0 Å². The lowest BCUT2D eigenvalue weighted by atomic mass is 10.0. The highest BCUT2D eigenvalue weighted by molar-refractivity contribution is 5.78. The van der Waals surface area contributed by atoms with Gasteiger partial charge in [-0.25, -0.2) is 0 Å². The molecule has 1 heterocycles. The van der Waals surface area contributed by atoms with Gasteiger partial charge in [-0.1, -0.05) is 32.0 Å². The van der Waals surface area contributed by atoms with Crippen molar-refractivity contribution in [3.05, 3.63) is 29.8 Å². The van der Waals surface area contributed by atoms with Crippen molar-refractivity contribution in [1.29, 1.82) is 0 Å². The molecule has 1 aliphatic heterocycles. The number of nitrogens with zero attached hydrogens (tertiary/aromatic N) is 1. The maximum Gasteiger partial charge on any atom is 0.260 e. The van der Waals surface area contributed by atoms with Crippen LogP contribution < -0.4 is 4.74 Å². The molecule has 0 bridgehead atoms. The highest BCUT2D eigenvalue weighted by Gasteiger charge is 2.32. The topological polar surface area (TPSA) is 70.0 Å². The molecule has 0 aliphatic carbocycles. The first kappa shape index (κ1) is 14.8. The quantitative estimate of drug-likeness (QED) is 0.853. The summed E-state index contributed by atoms with van der Waals surface area (Å²) < 4.78 is 5.59. The summed E-state index contributed by atoms with van der Waals surface area (Å²) in [4.78, 5) is 13.4. The number of aliphatic hydroxyl groups is 2. The van der Waals surface area contributed by atoms with Gasteiger partial charge in [-0.15, -0.1) is 0 Å². The second-order valence-electron chi connectivity index (χ2n) is 5.41. The largest absolute Gasteiger partial charge is 0.483 e. The number of rotatable bonds is 4. The molecule has 0 saturated carbocycles. The maximum atomic E-state index is 12.0. The van der Waals surface area contributed by atoms with Gasteiger partial charge in [-0.05, 0) is 17.5 Å². The van der Waals surface area contributed by atoms with Gasteiger partial charge in [0, 0.05) is 13.1 Å². The van der Waals surface area contributed by atoms with Crippen molar-refractivity contribution in [2.24, 2.45) is 0 Å². The number of β-amino-alcohol motifs (C(OH)–C–C–N with tert-alkyl or cyclic N) is 2. The molecule has 0 aromatic heterocycles. The SMILES string of the molecule is CC(C)c1ccccc1OCC(=O)N1C[C@@H](O)[C@@H](O)C1. The lowest BCUT2D eigenvalue weighted by Crippen LogP contribution is -2.34. The summed E-state index contributed by atoms with van der Waals surface area (Å²) in [6.45, 7) is 4.38. The average molecular weight is 279 g/mol. The smallest absolute Gasteiger partial charge is 0.260 e. The number of ether oxygens (including phenoxy) is 1. The highest BCUT2D eigenvalue weighted by atomic mass is 16.5. The van der Waals surface area contributed by atoms with Crippen LogP contribution in [0.4, 0.5) is 0 Å². The van der Waals surface area contributed by atoms with Gasteiger partial charge in [0.15, 0.2) is 6.61 Å². The molecule has 0 unspecified atom stereocenters. The van der Waals surface area contributed by atoms with E-state index in [2.05, 4.69) is 13.8 Å². The van der Waals surface area contributed by atoms with Gasteiger partial charge in [0.05, 0.1) is 12.2 Å². The van der Waals surface area contributed by atoms with E-state index >= 15 is 0 Å². The predicted molar refractivity (Wildman–Crippen MR) is 74.6 cm³/mol. The lowest BCUT2D eigenvalue weighted by Gasteiger charge is -2.17. The molecule has 2 N–H and O–H groups in total. The number of carbonyl (C=O) groups is 1. The van der Waals surface area contributed by atoms with E-state index in [1.165, 1.54) is 4.90 Å². The van der Waals surface area contributed by atoms with Crippen molar-refractivity contribution in [3.8, 4) is 5.75 Å². The van der Waals surface area contributed by atoms with E-state index in [1.807, 2.05) is 24.3 Å². The van der Waals surface area contributed by atoms with Crippen LogP contribution in [0.2, 0.25) is 0 Å². The predicted octanol–water partition coefficient (Wildman–Crippen LogP) is 0.753. The van der Waals surface area contributed by atoms with Crippen LogP contribution in [0.1, 0.15) is 25.3 Å². The second kappa shape index (κ2) is 6.24. The van der Waals surface area contributed by atoms with Gasteiger partial charge in [-0.3, -0.25) is 4.79 Å². The number of carbonyl (C=O) groups excluding carboxylic acids is 1. The standard InChI is InChI=1S/C15H21NO4/c1-10(2)11-5-3-4-6-14(11)20-9-15(19)16-7-12(17)13(18)8-16/h3-6,10,12-13,17-18H,7-9H2,1-2H3/t12-,13+. The van der Waals surface area contributed by atoms with Gasteiger partial charge in [-0.2, -0.15) is 0 Å². The molecule has 1 aliphatic rings. The Kier molecular flexibility index (Phi) is 4.62. The molecule has 5 nitrogen and oxygen atoms in total. The molecule has 110 valence electrons. The fourth-order valence-electron chi connectivity index (χ4n) is 2.29. The zero-order chi connectivity index (χ0) is 14.7. The zero-order valence-corrected chi connectivity index (χ0v) is 11.8. The first-order valence-electron chi connectivity index (χ1n) is 6.84.